The van der Waals surface area contributed by atoms with Gasteiger partial charge in [-0.25, -0.2) is 9.97 Å². The van der Waals surface area contributed by atoms with E-state index in [2.05, 4.69) is 22.1 Å². The number of nitrogens with two attached hydrogens (primary N) is 1. The fourth-order valence-electron chi connectivity index (χ4n) is 3.03. The average Bonchev–Trinajstić information content (AvgIpc) is 3.31. The van der Waals surface area contributed by atoms with Crippen LogP contribution in [0.3, 0.4) is 0 Å². The van der Waals surface area contributed by atoms with E-state index in [0.29, 0.717) is 34.3 Å². The first-order chi connectivity index (χ1) is 14.4. The molecule has 4 rings (SSSR count). The Balaban J connectivity index is 1.57. The van der Waals surface area contributed by atoms with E-state index in [4.69, 9.17) is 24.6 Å². The van der Waals surface area contributed by atoms with Gasteiger partial charge in [-0.05, 0) is 44.5 Å². The highest BCUT2D eigenvalue weighted by atomic mass is 32.2. The lowest BCUT2D eigenvalue weighted by atomic mass is 10.2. The molecule has 0 saturated heterocycles. The number of anilines is 1. The quantitative estimate of drug-likeness (QED) is 0.420. The van der Waals surface area contributed by atoms with E-state index in [1.54, 1.807) is 37.7 Å². The van der Waals surface area contributed by atoms with Gasteiger partial charge in [-0.15, -0.1) is 21.5 Å². The summed E-state index contributed by atoms with van der Waals surface area (Å²) in [4.78, 5) is 11.3. The summed E-state index contributed by atoms with van der Waals surface area (Å²) in [6.07, 6.45) is 0. The molecular weight excluding hydrogens is 422 g/mol. The number of thiophene rings is 1. The monoisotopic (exact) mass is 443 g/mol. The maximum atomic E-state index is 6.21. The van der Waals surface area contributed by atoms with Gasteiger partial charge in [0.1, 0.15) is 16.5 Å². The van der Waals surface area contributed by atoms with Crippen LogP contribution in [0.4, 0.5) is 5.82 Å². The Kier molecular flexibility index (Phi) is 5.52. The van der Waals surface area contributed by atoms with Crippen molar-refractivity contribution in [2.75, 3.05) is 20.0 Å². The number of aryl methyl sites for hydroxylation is 2. The first-order valence-electron chi connectivity index (χ1n) is 9.17. The zero-order chi connectivity index (χ0) is 21.4. The Morgan fingerprint density at radius 1 is 1.10 bits per heavy atom. The van der Waals surface area contributed by atoms with E-state index in [-0.39, 0.29) is 5.25 Å². The van der Waals surface area contributed by atoms with E-state index in [1.165, 1.54) is 16.6 Å². The first-order valence-corrected chi connectivity index (χ1v) is 10.9. The number of methoxy groups -OCH3 is 2. The summed E-state index contributed by atoms with van der Waals surface area (Å²) in [6.45, 7) is 6.09. The third-order valence-corrected chi connectivity index (χ3v) is 6.78. The van der Waals surface area contributed by atoms with Gasteiger partial charge in [-0.3, -0.25) is 0 Å². The number of nitrogens with zero attached hydrogens (tertiary/aromatic N) is 4. The molecule has 3 aromatic heterocycles. The maximum Gasteiger partial charge on any atom is 0.277 e. The molecule has 0 amide bonds. The normalized spacial score (nSPS) is 12.3. The highest BCUT2D eigenvalue weighted by molar-refractivity contribution is 7.99. The van der Waals surface area contributed by atoms with Crippen LogP contribution in [0.2, 0.25) is 0 Å². The minimum Gasteiger partial charge on any atom is -0.493 e. The van der Waals surface area contributed by atoms with E-state index >= 15 is 0 Å². The van der Waals surface area contributed by atoms with E-state index in [1.807, 2.05) is 19.9 Å². The van der Waals surface area contributed by atoms with Crippen LogP contribution in [0.1, 0.15) is 28.4 Å². The second-order valence-corrected chi connectivity index (χ2v) is 9.13. The summed E-state index contributed by atoms with van der Waals surface area (Å²) in [5.74, 6) is 2.76. The molecule has 0 aliphatic heterocycles. The van der Waals surface area contributed by atoms with E-state index in [0.717, 1.165) is 21.3 Å². The molecule has 3 heterocycles. The Hall–Kier alpha value is -2.85. The molecule has 0 bridgehead atoms. The van der Waals surface area contributed by atoms with Gasteiger partial charge in [0.15, 0.2) is 11.5 Å². The molecule has 2 N–H and O–H groups in total. The van der Waals surface area contributed by atoms with Gasteiger partial charge in [0.05, 0.1) is 24.9 Å². The van der Waals surface area contributed by atoms with Crippen molar-refractivity contribution < 1.29 is 13.9 Å². The Labute approximate surface area is 181 Å². The van der Waals surface area contributed by atoms with Crippen molar-refractivity contribution in [2.45, 2.75) is 31.2 Å². The van der Waals surface area contributed by atoms with Crippen molar-refractivity contribution in [2.24, 2.45) is 0 Å². The molecule has 30 heavy (non-hydrogen) atoms. The predicted octanol–water partition coefficient (Wildman–Crippen LogP) is 4.81. The predicted molar refractivity (Wildman–Crippen MR) is 118 cm³/mol. The third kappa shape index (κ3) is 3.68. The highest BCUT2D eigenvalue weighted by Gasteiger charge is 2.20. The standard InChI is InChI=1S/C20H21N5O3S2/c1-9-10(2)29-19-15(9)16(21)22-17(23-19)11(3)30-20-25-24-18(28-20)12-6-7-13(26-4)14(8-12)27-5/h6-8,11H,1-5H3,(H2,21,22,23). The number of thioether (sulfide) groups is 1. The van der Waals surface area contributed by atoms with Crippen molar-refractivity contribution in [1.29, 1.82) is 0 Å². The van der Waals surface area contributed by atoms with E-state index < -0.39 is 0 Å². The lowest BCUT2D eigenvalue weighted by molar-refractivity contribution is 0.355. The number of hydrogen-bond acceptors (Lipinski definition) is 10. The summed E-state index contributed by atoms with van der Waals surface area (Å²) >= 11 is 3.01. The number of nitrogen functional groups attached to an aromatic ring is 1. The Morgan fingerprint density at radius 2 is 1.87 bits per heavy atom. The summed E-state index contributed by atoms with van der Waals surface area (Å²) in [6, 6.07) is 5.43. The van der Waals surface area contributed by atoms with Crippen LogP contribution in [0.5, 0.6) is 11.5 Å². The maximum absolute atomic E-state index is 6.21. The van der Waals surface area contributed by atoms with Crippen LogP contribution in [-0.2, 0) is 0 Å². The lowest BCUT2D eigenvalue weighted by Gasteiger charge is -2.08. The van der Waals surface area contributed by atoms with Gasteiger partial charge < -0.3 is 19.6 Å². The largest absolute Gasteiger partial charge is 0.493 e. The topological polar surface area (TPSA) is 109 Å². The lowest BCUT2D eigenvalue weighted by Crippen LogP contribution is -2.02. The molecule has 1 aromatic carbocycles. The zero-order valence-electron chi connectivity index (χ0n) is 17.2. The van der Waals surface area contributed by atoms with Crippen LogP contribution in [0.25, 0.3) is 21.7 Å². The van der Waals surface area contributed by atoms with Gasteiger partial charge >= 0.3 is 0 Å². The highest BCUT2D eigenvalue weighted by Crippen LogP contribution is 2.38. The van der Waals surface area contributed by atoms with Gasteiger partial charge in [0.2, 0.25) is 5.89 Å². The van der Waals surface area contributed by atoms with Gasteiger partial charge in [0.25, 0.3) is 5.22 Å². The van der Waals surface area contributed by atoms with Gasteiger partial charge in [-0.2, -0.15) is 0 Å². The molecule has 0 fully saturated rings. The summed E-state index contributed by atoms with van der Waals surface area (Å²) < 4.78 is 16.4. The molecule has 1 unspecified atom stereocenters. The molecule has 0 spiro atoms. The number of benzene rings is 1. The number of hydrogen-bond donors (Lipinski definition) is 1. The van der Waals surface area contributed by atoms with Crippen LogP contribution in [-0.4, -0.2) is 34.4 Å². The molecule has 0 saturated carbocycles. The van der Waals surface area contributed by atoms with Crippen molar-refractivity contribution in [3.05, 3.63) is 34.5 Å². The summed E-state index contributed by atoms with van der Waals surface area (Å²) in [5, 5.41) is 9.55. The molecule has 0 aliphatic rings. The first kappa shape index (κ1) is 20.4. The molecule has 8 nitrogen and oxygen atoms in total. The molecule has 156 valence electrons. The van der Waals surface area contributed by atoms with E-state index in [9.17, 15) is 0 Å². The number of rotatable bonds is 6. The van der Waals surface area contributed by atoms with Crippen molar-refractivity contribution >= 4 is 39.1 Å². The number of aromatic nitrogens is 4. The smallest absolute Gasteiger partial charge is 0.277 e. The molecule has 1 atom stereocenters. The Bertz CT molecular complexity index is 1220. The van der Waals surface area contributed by atoms with Gasteiger partial charge in [-0.1, -0.05) is 11.8 Å². The molecule has 0 radical (unpaired) electrons. The minimum absolute atomic E-state index is 0.113. The van der Waals surface area contributed by atoms with Crippen molar-refractivity contribution in [3.8, 4) is 23.0 Å². The molecule has 10 heteroatoms. The average molecular weight is 444 g/mol. The van der Waals surface area contributed by atoms with Crippen LogP contribution < -0.4 is 15.2 Å². The third-order valence-electron chi connectivity index (χ3n) is 4.75. The molecule has 0 aliphatic carbocycles. The summed E-state index contributed by atoms with van der Waals surface area (Å²) in [7, 11) is 3.17. The number of ether oxygens (including phenoxy) is 2. The second kappa shape index (κ2) is 8.11. The van der Waals surface area contributed by atoms with Gasteiger partial charge in [0, 0.05) is 10.4 Å². The zero-order valence-corrected chi connectivity index (χ0v) is 18.8. The fraction of sp³-hybridized carbons (Fsp3) is 0.300. The van der Waals surface area contributed by atoms with Crippen molar-refractivity contribution in [1.82, 2.24) is 20.2 Å². The minimum atomic E-state index is -0.113. The van der Waals surface area contributed by atoms with Crippen LogP contribution >= 0.6 is 23.1 Å². The molecular formula is C20H21N5O3S2. The molecule has 4 aromatic rings. The second-order valence-electron chi connectivity index (χ2n) is 6.63. The van der Waals surface area contributed by atoms with Crippen LogP contribution in [0, 0.1) is 13.8 Å². The SMILES string of the molecule is COc1ccc(-c2nnc(SC(C)c3nc(N)c4c(C)c(C)sc4n3)o2)cc1OC. The van der Waals surface area contributed by atoms with Crippen molar-refractivity contribution in [3.63, 3.8) is 0 Å². The Morgan fingerprint density at radius 3 is 2.60 bits per heavy atom. The summed E-state index contributed by atoms with van der Waals surface area (Å²) in [5.41, 5.74) is 8.08. The fourth-order valence-corrected chi connectivity index (χ4v) is 4.80. The number of fused-ring (bicyclic) bond motifs is 1. The van der Waals surface area contributed by atoms with Crippen LogP contribution in [0.15, 0.2) is 27.8 Å².